The molecular formula is C13H15Br. The molecule has 0 unspecified atom stereocenters. The zero-order valence-corrected chi connectivity index (χ0v) is 10.5. The van der Waals surface area contributed by atoms with Gasteiger partial charge in [-0.2, -0.15) is 0 Å². The van der Waals surface area contributed by atoms with E-state index in [9.17, 15) is 0 Å². The van der Waals surface area contributed by atoms with Crippen LogP contribution in [0.1, 0.15) is 28.7 Å². The Balaban J connectivity index is 3.00. The van der Waals surface area contributed by atoms with Gasteiger partial charge in [-0.05, 0) is 43.5 Å². The van der Waals surface area contributed by atoms with Crippen molar-refractivity contribution < 1.29 is 0 Å². The number of rotatable bonds is 1. The van der Waals surface area contributed by atoms with E-state index in [2.05, 4.69) is 60.7 Å². The molecular weight excluding hydrogens is 236 g/mol. The minimum Gasteiger partial charge on any atom is -0.0970 e. The monoisotopic (exact) mass is 250 g/mol. The van der Waals surface area contributed by atoms with Crippen LogP contribution < -0.4 is 0 Å². The second-order valence-electron chi connectivity index (χ2n) is 3.49. The summed E-state index contributed by atoms with van der Waals surface area (Å²) in [7, 11) is 0. The molecule has 0 atom stereocenters. The van der Waals surface area contributed by atoms with Crippen LogP contribution >= 0.6 is 15.9 Å². The van der Waals surface area contributed by atoms with Crippen molar-refractivity contribution in [2.45, 2.75) is 27.2 Å². The normalized spacial score (nSPS) is 9.43. The van der Waals surface area contributed by atoms with Crippen molar-refractivity contribution in [2.24, 2.45) is 0 Å². The Morgan fingerprint density at radius 1 is 1.07 bits per heavy atom. The molecule has 1 rings (SSSR count). The van der Waals surface area contributed by atoms with E-state index in [-0.39, 0.29) is 0 Å². The number of hydrogen-bond acceptors (Lipinski definition) is 0. The minimum atomic E-state index is 0.909. The van der Waals surface area contributed by atoms with Crippen molar-refractivity contribution >= 4 is 15.9 Å². The molecule has 0 spiro atoms. The molecule has 0 aliphatic carbocycles. The first-order chi connectivity index (χ1) is 6.65. The standard InChI is InChI=1S/C13H15Br/c1-10-8-12(3)13(9-11(10)2)6-4-5-7-14/h8-9H,5,7H2,1-3H3. The Hall–Kier alpha value is -0.740. The predicted molar refractivity (Wildman–Crippen MR) is 65.9 cm³/mol. The van der Waals surface area contributed by atoms with Gasteiger partial charge in [0.25, 0.3) is 0 Å². The third-order valence-electron chi connectivity index (χ3n) is 2.28. The van der Waals surface area contributed by atoms with Gasteiger partial charge in [-0.3, -0.25) is 0 Å². The fourth-order valence-corrected chi connectivity index (χ4v) is 1.50. The number of halogens is 1. The maximum atomic E-state index is 3.37. The topological polar surface area (TPSA) is 0 Å². The summed E-state index contributed by atoms with van der Waals surface area (Å²) in [5.41, 5.74) is 5.09. The minimum absolute atomic E-state index is 0.909. The molecule has 0 aromatic heterocycles. The Kier molecular flexibility index (Phi) is 4.22. The summed E-state index contributed by atoms with van der Waals surface area (Å²) in [6.07, 6.45) is 0.909. The number of hydrogen-bond donors (Lipinski definition) is 0. The molecule has 0 aliphatic heterocycles. The van der Waals surface area contributed by atoms with Crippen molar-refractivity contribution in [3.8, 4) is 11.8 Å². The summed E-state index contributed by atoms with van der Waals surface area (Å²) in [4.78, 5) is 0. The zero-order valence-electron chi connectivity index (χ0n) is 8.95. The van der Waals surface area contributed by atoms with Crippen molar-refractivity contribution in [3.05, 3.63) is 34.4 Å². The fraction of sp³-hybridized carbons (Fsp3) is 0.385. The number of alkyl halides is 1. The average Bonchev–Trinajstić information content (AvgIpc) is 2.14. The summed E-state index contributed by atoms with van der Waals surface area (Å²) in [6.45, 7) is 6.38. The van der Waals surface area contributed by atoms with E-state index in [1.807, 2.05) is 0 Å². The Labute approximate surface area is 94.9 Å². The van der Waals surface area contributed by atoms with Gasteiger partial charge in [-0.15, -0.1) is 0 Å². The Morgan fingerprint density at radius 3 is 2.36 bits per heavy atom. The van der Waals surface area contributed by atoms with E-state index in [1.165, 1.54) is 16.7 Å². The molecule has 74 valence electrons. The smallest absolute Gasteiger partial charge is 0.0277 e. The molecule has 0 saturated heterocycles. The van der Waals surface area contributed by atoms with Crippen LogP contribution in [0.2, 0.25) is 0 Å². The molecule has 1 aromatic rings. The van der Waals surface area contributed by atoms with Gasteiger partial charge in [0.1, 0.15) is 0 Å². The van der Waals surface area contributed by atoms with Gasteiger partial charge in [-0.25, -0.2) is 0 Å². The summed E-state index contributed by atoms with van der Waals surface area (Å²) in [5, 5.41) is 0.948. The van der Waals surface area contributed by atoms with E-state index in [0.717, 1.165) is 17.3 Å². The zero-order chi connectivity index (χ0) is 10.6. The molecule has 0 heterocycles. The van der Waals surface area contributed by atoms with Crippen LogP contribution in [-0.2, 0) is 0 Å². The third-order valence-corrected chi connectivity index (χ3v) is 2.68. The predicted octanol–water partition coefficient (Wildman–Crippen LogP) is 3.75. The molecule has 1 heteroatoms. The molecule has 0 bridgehead atoms. The molecule has 0 saturated carbocycles. The largest absolute Gasteiger partial charge is 0.0970 e. The molecule has 0 nitrogen and oxygen atoms in total. The van der Waals surface area contributed by atoms with Crippen LogP contribution in [0.3, 0.4) is 0 Å². The maximum absolute atomic E-state index is 3.37. The summed E-state index contributed by atoms with van der Waals surface area (Å²) < 4.78 is 0. The van der Waals surface area contributed by atoms with Gasteiger partial charge in [-0.1, -0.05) is 33.8 Å². The maximum Gasteiger partial charge on any atom is 0.0277 e. The number of aryl methyl sites for hydroxylation is 3. The lowest BCUT2D eigenvalue weighted by atomic mass is 10.0. The van der Waals surface area contributed by atoms with Gasteiger partial charge >= 0.3 is 0 Å². The first kappa shape index (κ1) is 11.3. The van der Waals surface area contributed by atoms with Crippen LogP contribution in [0.4, 0.5) is 0 Å². The second kappa shape index (κ2) is 5.22. The molecule has 0 fully saturated rings. The van der Waals surface area contributed by atoms with Gasteiger partial charge in [0.15, 0.2) is 0 Å². The van der Waals surface area contributed by atoms with E-state index in [1.54, 1.807) is 0 Å². The SMILES string of the molecule is Cc1cc(C)c(C#CCCBr)cc1C. The average molecular weight is 251 g/mol. The Morgan fingerprint density at radius 2 is 1.71 bits per heavy atom. The highest BCUT2D eigenvalue weighted by molar-refractivity contribution is 9.09. The molecule has 0 amide bonds. The third kappa shape index (κ3) is 2.89. The molecule has 14 heavy (non-hydrogen) atoms. The van der Waals surface area contributed by atoms with Crippen LogP contribution in [0.15, 0.2) is 12.1 Å². The lowest BCUT2D eigenvalue weighted by Crippen LogP contribution is -1.88. The summed E-state index contributed by atoms with van der Waals surface area (Å²) in [6, 6.07) is 4.37. The highest BCUT2D eigenvalue weighted by Gasteiger charge is 1.98. The van der Waals surface area contributed by atoms with E-state index in [0.29, 0.717) is 0 Å². The first-order valence-corrected chi connectivity index (χ1v) is 5.90. The molecule has 0 N–H and O–H groups in total. The fourth-order valence-electron chi connectivity index (χ4n) is 1.30. The molecule has 0 aliphatic rings. The quantitative estimate of drug-likeness (QED) is 0.526. The van der Waals surface area contributed by atoms with E-state index < -0.39 is 0 Å². The van der Waals surface area contributed by atoms with E-state index in [4.69, 9.17) is 0 Å². The molecule has 0 radical (unpaired) electrons. The van der Waals surface area contributed by atoms with Gasteiger partial charge in [0, 0.05) is 17.3 Å². The van der Waals surface area contributed by atoms with Crippen LogP contribution in [-0.4, -0.2) is 5.33 Å². The van der Waals surface area contributed by atoms with Crippen LogP contribution in [0.25, 0.3) is 0 Å². The number of benzene rings is 1. The first-order valence-electron chi connectivity index (χ1n) is 4.78. The summed E-state index contributed by atoms with van der Waals surface area (Å²) in [5.74, 6) is 6.34. The van der Waals surface area contributed by atoms with Crippen molar-refractivity contribution in [3.63, 3.8) is 0 Å². The highest BCUT2D eigenvalue weighted by Crippen LogP contribution is 2.14. The van der Waals surface area contributed by atoms with Crippen molar-refractivity contribution in [2.75, 3.05) is 5.33 Å². The van der Waals surface area contributed by atoms with Gasteiger partial charge in [0.05, 0.1) is 0 Å². The van der Waals surface area contributed by atoms with Crippen LogP contribution in [0, 0.1) is 32.6 Å². The lowest BCUT2D eigenvalue weighted by molar-refractivity contribution is 1.28. The molecule has 1 aromatic carbocycles. The van der Waals surface area contributed by atoms with Crippen molar-refractivity contribution in [1.29, 1.82) is 0 Å². The van der Waals surface area contributed by atoms with Gasteiger partial charge < -0.3 is 0 Å². The van der Waals surface area contributed by atoms with E-state index >= 15 is 0 Å². The highest BCUT2D eigenvalue weighted by atomic mass is 79.9. The Bertz CT molecular complexity index is 380. The van der Waals surface area contributed by atoms with Gasteiger partial charge in [0.2, 0.25) is 0 Å². The van der Waals surface area contributed by atoms with Crippen LogP contribution in [0.5, 0.6) is 0 Å². The van der Waals surface area contributed by atoms with Crippen molar-refractivity contribution in [1.82, 2.24) is 0 Å². The summed E-state index contributed by atoms with van der Waals surface area (Å²) >= 11 is 3.37. The lowest BCUT2D eigenvalue weighted by Gasteiger charge is -2.03. The second-order valence-corrected chi connectivity index (χ2v) is 4.29.